The first-order valence-corrected chi connectivity index (χ1v) is 5.96. The third kappa shape index (κ3) is 6.27. The van der Waals surface area contributed by atoms with Gasteiger partial charge in [-0.15, -0.1) is 13.2 Å². The van der Waals surface area contributed by atoms with E-state index >= 15 is 0 Å². The maximum Gasteiger partial charge on any atom is 0.573 e. The Morgan fingerprint density at radius 3 is 2.37 bits per heavy atom. The van der Waals surface area contributed by atoms with Gasteiger partial charge in [-0.2, -0.15) is 0 Å². The van der Waals surface area contributed by atoms with Crippen LogP contribution in [0.3, 0.4) is 0 Å². The summed E-state index contributed by atoms with van der Waals surface area (Å²) in [6.07, 6.45) is -3.76. The molecule has 0 amide bonds. The van der Waals surface area contributed by atoms with Crippen LogP contribution in [-0.4, -0.2) is 12.1 Å². The Kier molecular flexibility index (Phi) is 4.61. The fourth-order valence-corrected chi connectivity index (χ4v) is 1.50. The molecule has 106 valence electrons. The predicted molar refractivity (Wildman–Crippen MR) is 66.1 cm³/mol. The highest BCUT2D eigenvalue weighted by molar-refractivity contribution is 5.96. The van der Waals surface area contributed by atoms with E-state index in [0.29, 0.717) is 12.8 Å². The van der Waals surface area contributed by atoms with Crippen molar-refractivity contribution in [2.24, 2.45) is 5.41 Å². The van der Waals surface area contributed by atoms with Gasteiger partial charge in [0, 0.05) is 12.0 Å². The summed E-state index contributed by atoms with van der Waals surface area (Å²) in [6, 6.07) is 5.17. The largest absolute Gasteiger partial charge is 0.573 e. The Labute approximate surface area is 110 Å². The second-order valence-electron chi connectivity index (χ2n) is 5.56. The van der Waals surface area contributed by atoms with E-state index in [4.69, 9.17) is 0 Å². The number of carbonyl (C=O) groups is 1. The normalized spacial score (nSPS) is 12.3. The van der Waals surface area contributed by atoms with Crippen LogP contribution in [0.15, 0.2) is 24.3 Å². The predicted octanol–water partition coefficient (Wildman–Crippen LogP) is 4.59. The molecule has 0 aliphatic carbocycles. The number of ether oxygens (including phenoxy) is 1. The summed E-state index contributed by atoms with van der Waals surface area (Å²) in [5, 5.41) is 0. The third-order valence-electron chi connectivity index (χ3n) is 2.49. The van der Waals surface area contributed by atoms with E-state index in [1.807, 2.05) is 20.8 Å². The molecule has 0 saturated carbocycles. The van der Waals surface area contributed by atoms with E-state index < -0.39 is 6.36 Å². The smallest absolute Gasteiger partial charge is 0.406 e. The Bertz CT molecular complexity index is 445. The van der Waals surface area contributed by atoms with Crippen molar-refractivity contribution in [2.45, 2.75) is 40.0 Å². The second-order valence-corrected chi connectivity index (χ2v) is 5.56. The van der Waals surface area contributed by atoms with Gasteiger partial charge in [-0.25, -0.2) is 0 Å². The molecular formula is C14H17F3O2. The van der Waals surface area contributed by atoms with Gasteiger partial charge < -0.3 is 4.74 Å². The lowest BCUT2D eigenvalue weighted by atomic mass is 9.88. The molecule has 0 fully saturated rings. The fraction of sp³-hybridized carbons (Fsp3) is 0.500. The molecule has 1 aromatic carbocycles. The minimum atomic E-state index is -4.74. The van der Waals surface area contributed by atoms with E-state index in [2.05, 4.69) is 4.74 Å². The average Bonchev–Trinajstić information content (AvgIpc) is 2.23. The van der Waals surface area contributed by atoms with Crippen LogP contribution in [0.25, 0.3) is 0 Å². The van der Waals surface area contributed by atoms with Crippen LogP contribution in [0.2, 0.25) is 0 Å². The van der Waals surface area contributed by atoms with Gasteiger partial charge in [0.25, 0.3) is 0 Å². The molecular weight excluding hydrogens is 257 g/mol. The van der Waals surface area contributed by atoms with Gasteiger partial charge in [-0.1, -0.05) is 32.9 Å². The lowest BCUT2D eigenvalue weighted by molar-refractivity contribution is -0.274. The first kappa shape index (κ1) is 15.5. The summed E-state index contributed by atoms with van der Waals surface area (Å²) < 4.78 is 40.0. The van der Waals surface area contributed by atoms with Crippen molar-refractivity contribution >= 4 is 5.78 Å². The molecule has 1 rings (SSSR count). The number of rotatable bonds is 4. The van der Waals surface area contributed by atoms with Crippen LogP contribution in [0.1, 0.15) is 44.0 Å². The van der Waals surface area contributed by atoms with Crippen LogP contribution in [-0.2, 0) is 0 Å². The Hall–Kier alpha value is -1.52. The van der Waals surface area contributed by atoms with Crippen molar-refractivity contribution in [2.75, 3.05) is 0 Å². The lowest BCUT2D eigenvalue weighted by Crippen LogP contribution is -2.17. The molecule has 2 nitrogen and oxygen atoms in total. The standard InChI is InChI=1S/C14H17F3O2/c1-13(2,3)8-7-12(18)10-5-4-6-11(9-10)19-14(15,16)17/h4-6,9H,7-8H2,1-3H3. The maximum absolute atomic E-state index is 12.1. The Balaban J connectivity index is 2.73. The van der Waals surface area contributed by atoms with Crippen molar-refractivity contribution in [3.05, 3.63) is 29.8 Å². The van der Waals surface area contributed by atoms with Crippen molar-refractivity contribution in [3.63, 3.8) is 0 Å². The molecule has 0 aromatic heterocycles. The molecule has 0 aliphatic heterocycles. The Morgan fingerprint density at radius 2 is 1.84 bits per heavy atom. The molecule has 0 N–H and O–H groups in total. The highest BCUT2D eigenvalue weighted by Gasteiger charge is 2.31. The van der Waals surface area contributed by atoms with Crippen LogP contribution >= 0.6 is 0 Å². The first-order valence-electron chi connectivity index (χ1n) is 5.96. The van der Waals surface area contributed by atoms with E-state index in [1.54, 1.807) is 0 Å². The van der Waals surface area contributed by atoms with E-state index in [0.717, 1.165) is 6.07 Å². The number of carbonyl (C=O) groups excluding carboxylic acids is 1. The molecule has 0 bridgehead atoms. The molecule has 1 aromatic rings. The summed E-state index contributed by atoms with van der Waals surface area (Å²) in [4.78, 5) is 11.9. The SMILES string of the molecule is CC(C)(C)CCC(=O)c1cccc(OC(F)(F)F)c1. The third-order valence-corrected chi connectivity index (χ3v) is 2.49. The van der Waals surface area contributed by atoms with Crippen molar-refractivity contribution in [3.8, 4) is 5.75 Å². The zero-order chi connectivity index (χ0) is 14.7. The van der Waals surface area contributed by atoms with Gasteiger partial charge in [0.05, 0.1) is 0 Å². The van der Waals surface area contributed by atoms with Crippen LogP contribution in [0.4, 0.5) is 13.2 Å². The summed E-state index contributed by atoms with van der Waals surface area (Å²) in [5.74, 6) is -0.545. The fourth-order valence-electron chi connectivity index (χ4n) is 1.50. The first-order chi connectivity index (χ1) is 8.57. The molecule has 5 heteroatoms. The number of hydrogen-bond donors (Lipinski definition) is 0. The molecule has 0 spiro atoms. The molecule has 19 heavy (non-hydrogen) atoms. The highest BCUT2D eigenvalue weighted by Crippen LogP contribution is 2.25. The van der Waals surface area contributed by atoms with Crippen LogP contribution < -0.4 is 4.74 Å². The topological polar surface area (TPSA) is 26.3 Å². The second kappa shape index (κ2) is 5.63. The quantitative estimate of drug-likeness (QED) is 0.750. The number of hydrogen-bond acceptors (Lipinski definition) is 2. The van der Waals surface area contributed by atoms with Gasteiger partial charge in [0.15, 0.2) is 5.78 Å². The summed E-state index contributed by atoms with van der Waals surface area (Å²) in [5.41, 5.74) is 0.251. The van der Waals surface area contributed by atoms with Gasteiger partial charge in [-0.3, -0.25) is 4.79 Å². The van der Waals surface area contributed by atoms with Crippen molar-refractivity contribution in [1.29, 1.82) is 0 Å². The molecule has 0 aliphatic rings. The van der Waals surface area contributed by atoms with Gasteiger partial charge in [-0.05, 0) is 24.0 Å². The van der Waals surface area contributed by atoms with Crippen molar-refractivity contribution in [1.82, 2.24) is 0 Å². The average molecular weight is 274 g/mol. The van der Waals surface area contributed by atoms with Gasteiger partial charge in [0.1, 0.15) is 5.75 Å². The minimum absolute atomic E-state index is 0.00966. The van der Waals surface area contributed by atoms with Gasteiger partial charge in [0.2, 0.25) is 0 Å². The van der Waals surface area contributed by atoms with Gasteiger partial charge >= 0.3 is 6.36 Å². The summed E-state index contributed by atoms with van der Waals surface area (Å²) in [6.45, 7) is 6.01. The molecule has 0 atom stereocenters. The Morgan fingerprint density at radius 1 is 1.21 bits per heavy atom. The molecule has 0 radical (unpaired) electrons. The monoisotopic (exact) mass is 274 g/mol. The number of alkyl halides is 3. The van der Waals surface area contributed by atoms with Crippen LogP contribution in [0.5, 0.6) is 5.75 Å². The number of benzene rings is 1. The molecule has 0 unspecified atom stereocenters. The minimum Gasteiger partial charge on any atom is -0.406 e. The van der Waals surface area contributed by atoms with E-state index in [1.165, 1.54) is 18.2 Å². The highest BCUT2D eigenvalue weighted by atomic mass is 19.4. The zero-order valence-corrected chi connectivity index (χ0v) is 11.2. The van der Waals surface area contributed by atoms with E-state index in [9.17, 15) is 18.0 Å². The van der Waals surface area contributed by atoms with E-state index in [-0.39, 0.29) is 22.5 Å². The number of Topliss-reactive ketones (excluding diaryl/α,β-unsaturated/α-hetero) is 1. The van der Waals surface area contributed by atoms with Crippen molar-refractivity contribution < 1.29 is 22.7 Å². The zero-order valence-electron chi connectivity index (χ0n) is 11.2. The summed E-state index contributed by atoms with van der Waals surface area (Å²) >= 11 is 0. The summed E-state index contributed by atoms with van der Waals surface area (Å²) in [7, 11) is 0. The maximum atomic E-state index is 12.1. The lowest BCUT2D eigenvalue weighted by Gasteiger charge is -2.17. The van der Waals surface area contributed by atoms with Crippen LogP contribution in [0, 0.1) is 5.41 Å². The number of halogens is 3. The number of ketones is 1. The molecule has 0 saturated heterocycles. The molecule has 0 heterocycles.